The van der Waals surface area contributed by atoms with E-state index in [1.807, 2.05) is 18.5 Å². The third-order valence-corrected chi connectivity index (χ3v) is 3.56. The molecule has 2 heterocycles. The molecular weight excluding hydrogens is 210 g/mol. The van der Waals surface area contributed by atoms with E-state index < -0.39 is 0 Å². The lowest BCUT2D eigenvalue weighted by molar-refractivity contribution is 0.441. The van der Waals surface area contributed by atoms with Crippen molar-refractivity contribution in [1.29, 1.82) is 0 Å². The number of nitrogens with zero attached hydrogens (tertiary/aromatic N) is 1. The maximum Gasteiger partial charge on any atom is 0.0305 e. The predicted octanol–water partition coefficient (Wildman–Crippen LogP) is 1.70. The molecule has 1 aliphatic rings. The van der Waals surface area contributed by atoms with Crippen molar-refractivity contribution >= 4 is 0 Å². The molecule has 1 aromatic heterocycles. The van der Waals surface area contributed by atoms with Crippen molar-refractivity contribution in [2.24, 2.45) is 0 Å². The van der Waals surface area contributed by atoms with Crippen LogP contribution in [0.4, 0.5) is 0 Å². The second kappa shape index (κ2) is 5.61. The number of rotatable bonds is 5. The maximum atomic E-state index is 4.20. The Bertz CT molecular complexity index is 329. The van der Waals surface area contributed by atoms with Crippen LogP contribution in [-0.4, -0.2) is 30.7 Å². The maximum absolute atomic E-state index is 4.20. The van der Waals surface area contributed by atoms with Crippen LogP contribution < -0.4 is 10.6 Å². The van der Waals surface area contributed by atoms with Crippen LogP contribution in [0.15, 0.2) is 24.5 Å². The molecule has 2 N–H and O–H groups in total. The van der Waals surface area contributed by atoms with Gasteiger partial charge in [0.1, 0.15) is 0 Å². The van der Waals surface area contributed by atoms with Crippen LogP contribution in [0.1, 0.15) is 32.3 Å². The molecule has 1 unspecified atom stereocenters. The van der Waals surface area contributed by atoms with Gasteiger partial charge >= 0.3 is 0 Å². The van der Waals surface area contributed by atoms with E-state index in [4.69, 9.17) is 0 Å². The lowest BCUT2D eigenvalue weighted by atomic mass is 9.85. The first-order valence-corrected chi connectivity index (χ1v) is 6.53. The molecule has 0 aliphatic carbocycles. The number of hydrogen-bond donors (Lipinski definition) is 2. The zero-order valence-electron chi connectivity index (χ0n) is 10.9. The van der Waals surface area contributed by atoms with E-state index >= 15 is 0 Å². The van der Waals surface area contributed by atoms with Crippen LogP contribution in [0.25, 0.3) is 0 Å². The minimum atomic E-state index is 0.146. The van der Waals surface area contributed by atoms with Crippen molar-refractivity contribution in [1.82, 2.24) is 15.6 Å². The molecule has 0 spiro atoms. The van der Waals surface area contributed by atoms with Gasteiger partial charge in [-0.05, 0) is 31.0 Å². The molecule has 0 aromatic carbocycles. The van der Waals surface area contributed by atoms with Gasteiger partial charge in [0, 0.05) is 36.9 Å². The monoisotopic (exact) mass is 233 g/mol. The zero-order valence-corrected chi connectivity index (χ0v) is 10.9. The van der Waals surface area contributed by atoms with Crippen molar-refractivity contribution in [2.45, 2.75) is 38.1 Å². The number of hydrogen-bond acceptors (Lipinski definition) is 3. The van der Waals surface area contributed by atoms with Crippen molar-refractivity contribution in [3.8, 4) is 0 Å². The number of pyridine rings is 1. The van der Waals surface area contributed by atoms with E-state index in [9.17, 15) is 0 Å². The Labute approximate surface area is 104 Å². The SMILES string of the molecule is CC(C)(CNCC1CCCN1)c1cccnc1. The first kappa shape index (κ1) is 12.5. The summed E-state index contributed by atoms with van der Waals surface area (Å²) in [6.07, 6.45) is 6.42. The third-order valence-electron chi connectivity index (χ3n) is 3.56. The Kier molecular flexibility index (Phi) is 4.13. The van der Waals surface area contributed by atoms with Gasteiger partial charge in [-0.3, -0.25) is 4.98 Å². The van der Waals surface area contributed by atoms with Crippen molar-refractivity contribution in [2.75, 3.05) is 19.6 Å². The highest BCUT2D eigenvalue weighted by Gasteiger charge is 2.21. The van der Waals surface area contributed by atoms with Crippen LogP contribution in [0, 0.1) is 0 Å². The average molecular weight is 233 g/mol. The summed E-state index contributed by atoms with van der Waals surface area (Å²) < 4.78 is 0. The van der Waals surface area contributed by atoms with E-state index in [-0.39, 0.29) is 5.41 Å². The Morgan fingerprint density at radius 1 is 1.53 bits per heavy atom. The van der Waals surface area contributed by atoms with E-state index in [2.05, 4.69) is 35.5 Å². The lowest BCUT2D eigenvalue weighted by Gasteiger charge is -2.26. The highest BCUT2D eigenvalue weighted by Crippen LogP contribution is 2.20. The van der Waals surface area contributed by atoms with E-state index in [1.165, 1.54) is 24.9 Å². The Morgan fingerprint density at radius 3 is 3.06 bits per heavy atom. The molecule has 1 aliphatic heterocycles. The standard InChI is InChI=1S/C14H23N3/c1-14(2,12-5-3-7-15-9-12)11-16-10-13-6-4-8-17-13/h3,5,7,9,13,16-17H,4,6,8,10-11H2,1-2H3. The van der Waals surface area contributed by atoms with Gasteiger partial charge in [-0.15, -0.1) is 0 Å². The Balaban J connectivity index is 1.80. The number of nitrogens with one attached hydrogen (secondary N) is 2. The first-order valence-electron chi connectivity index (χ1n) is 6.53. The van der Waals surface area contributed by atoms with Crippen LogP contribution >= 0.6 is 0 Å². The van der Waals surface area contributed by atoms with E-state index in [0.717, 1.165) is 13.1 Å². The smallest absolute Gasteiger partial charge is 0.0305 e. The summed E-state index contributed by atoms with van der Waals surface area (Å²) in [7, 11) is 0. The topological polar surface area (TPSA) is 37.0 Å². The second-order valence-corrected chi connectivity index (χ2v) is 5.55. The van der Waals surface area contributed by atoms with E-state index in [0.29, 0.717) is 6.04 Å². The molecule has 0 amide bonds. The van der Waals surface area contributed by atoms with E-state index in [1.54, 1.807) is 0 Å². The third kappa shape index (κ3) is 3.51. The molecule has 0 bridgehead atoms. The Morgan fingerprint density at radius 2 is 2.41 bits per heavy atom. The van der Waals surface area contributed by atoms with Crippen LogP contribution in [0.2, 0.25) is 0 Å². The largest absolute Gasteiger partial charge is 0.314 e. The van der Waals surface area contributed by atoms with Crippen LogP contribution in [0.3, 0.4) is 0 Å². The van der Waals surface area contributed by atoms with Crippen LogP contribution in [-0.2, 0) is 5.41 Å². The molecule has 0 radical (unpaired) electrons. The summed E-state index contributed by atoms with van der Waals surface area (Å²) in [6.45, 7) is 7.77. The second-order valence-electron chi connectivity index (χ2n) is 5.55. The van der Waals surface area contributed by atoms with Gasteiger partial charge in [0.2, 0.25) is 0 Å². The fourth-order valence-electron chi connectivity index (χ4n) is 2.35. The van der Waals surface area contributed by atoms with Gasteiger partial charge in [-0.1, -0.05) is 19.9 Å². The van der Waals surface area contributed by atoms with Gasteiger partial charge in [0.05, 0.1) is 0 Å². The van der Waals surface area contributed by atoms with Gasteiger partial charge < -0.3 is 10.6 Å². The molecule has 1 aromatic rings. The fraction of sp³-hybridized carbons (Fsp3) is 0.643. The highest BCUT2D eigenvalue weighted by molar-refractivity contribution is 5.19. The molecule has 94 valence electrons. The minimum absolute atomic E-state index is 0.146. The molecular formula is C14H23N3. The quantitative estimate of drug-likeness (QED) is 0.813. The summed E-state index contributed by atoms with van der Waals surface area (Å²) in [4.78, 5) is 4.20. The summed E-state index contributed by atoms with van der Waals surface area (Å²) in [6, 6.07) is 4.83. The van der Waals surface area contributed by atoms with Crippen LogP contribution in [0.5, 0.6) is 0 Å². The van der Waals surface area contributed by atoms with Gasteiger partial charge in [0.15, 0.2) is 0 Å². The molecule has 3 nitrogen and oxygen atoms in total. The molecule has 17 heavy (non-hydrogen) atoms. The molecule has 2 rings (SSSR count). The predicted molar refractivity (Wildman–Crippen MR) is 71.2 cm³/mol. The lowest BCUT2D eigenvalue weighted by Crippen LogP contribution is -2.40. The average Bonchev–Trinajstić information content (AvgIpc) is 2.83. The summed E-state index contributed by atoms with van der Waals surface area (Å²) in [5.41, 5.74) is 1.44. The Hall–Kier alpha value is -0.930. The molecule has 1 fully saturated rings. The highest BCUT2D eigenvalue weighted by atomic mass is 15.0. The van der Waals surface area contributed by atoms with Gasteiger partial charge in [-0.2, -0.15) is 0 Å². The summed E-state index contributed by atoms with van der Waals surface area (Å²) in [5.74, 6) is 0. The van der Waals surface area contributed by atoms with Crippen molar-refractivity contribution in [3.63, 3.8) is 0 Å². The van der Waals surface area contributed by atoms with Crippen molar-refractivity contribution < 1.29 is 0 Å². The molecule has 0 saturated carbocycles. The molecule has 1 atom stereocenters. The zero-order chi connectivity index (χ0) is 12.1. The fourth-order valence-corrected chi connectivity index (χ4v) is 2.35. The minimum Gasteiger partial charge on any atom is -0.314 e. The molecule has 3 heteroatoms. The summed E-state index contributed by atoms with van der Waals surface area (Å²) >= 11 is 0. The van der Waals surface area contributed by atoms with Gasteiger partial charge in [0.25, 0.3) is 0 Å². The first-order chi connectivity index (χ1) is 8.18. The van der Waals surface area contributed by atoms with Gasteiger partial charge in [-0.25, -0.2) is 0 Å². The number of aromatic nitrogens is 1. The molecule has 1 saturated heterocycles. The normalized spacial score (nSPS) is 20.7. The summed E-state index contributed by atoms with van der Waals surface area (Å²) in [5, 5.41) is 7.08. The van der Waals surface area contributed by atoms with Crippen molar-refractivity contribution in [3.05, 3.63) is 30.1 Å².